The highest BCUT2D eigenvalue weighted by Gasteiger charge is 2.18. The number of hydrogen-bond donors (Lipinski definition) is 2. The first-order chi connectivity index (χ1) is 7.95. The molecule has 1 rings (SSSR count). The summed E-state index contributed by atoms with van der Waals surface area (Å²) in [6.07, 6.45) is 0.284. The second-order valence-electron chi connectivity index (χ2n) is 3.62. The van der Waals surface area contributed by atoms with Crippen molar-refractivity contribution in [3.05, 3.63) is 10.6 Å². The Balaban J connectivity index is 2.64. The number of rotatable bonds is 4. The number of thiazole rings is 1. The van der Waals surface area contributed by atoms with Crippen LogP contribution in [0.3, 0.4) is 0 Å². The highest BCUT2D eigenvalue weighted by molar-refractivity contribution is 7.17. The van der Waals surface area contributed by atoms with Crippen LogP contribution in [-0.2, 0) is 4.79 Å². The molecule has 0 radical (unpaired) electrons. The van der Waals surface area contributed by atoms with Gasteiger partial charge in [0.05, 0.1) is 5.69 Å². The predicted molar refractivity (Wildman–Crippen MR) is 66.9 cm³/mol. The minimum absolute atomic E-state index is 0.0924. The van der Waals surface area contributed by atoms with Crippen LogP contribution in [-0.4, -0.2) is 42.3 Å². The fraction of sp³-hybridized carbons (Fsp3) is 0.500. The summed E-state index contributed by atoms with van der Waals surface area (Å²) in [7, 11) is 3.22. The molecule has 1 heterocycles. The molecule has 0 unspecified atom stereocenters. The number of carbonyl (C=O) groups is 2. The minimum Gasteiger partial charge on any atom is -0.375 e. The summed E-state index contributed by atoms with van der Waals surface area (Å²) in [6.45, 7) is 2.11. The highest BCUT2D eigenvalue weighted by Crippen LogP contribution is 2.20. The van der Waals surface area contributed by atoms with Crippen molar-refractivity contribution in [3.8, 4) is 0 Å². The van der Waals surface area contributed by atoms with E-state index in [2.05, 4.69) is 10.3 Å². The van der Waals surface area contributed by atoms with Gasteiger partial charge in [0.25, 0.3) is 5.91 Å². The van der Waals surface area contributed by atoms with Crippen LogP contribution in [0.15, 0.2) is 0 Å². The number of amides is 2. The van der Waals surface area contributed by atoms with Gasteiger partial charge < -0.3 is 16.0 Å². The molecule has 0 saturated carbocycles. The minimum atomic E-state index is -0.152. The van der Waals surface area contributed by atoms with Crippen molar-refractivity contribution in [2.45, 2.75) is 13.3 Å². The third kappa shape index (κ3) is 3.42. The maximum Gasteiger partial charge on any atom is 0.265 e. The van der Waals surface area contributed by atoms with Gasteiger partial charge in [-0.05, 0) is 6.92 Å². The van der Waals surface area contributed by atoms with E-state index in [1.54, 1.807) is 21.0 Å². The Kier molecular flexibility index (Phi) is 4.45. The molecule has 94 valence electrons. The lowest BCUT2D eigenvalue weighted by atomic mass is 10.3. The SMILES string of the molecule is CNC(=O)CCN(C)C(=O)c1sc(N)nc1C. The molecule has 0 fully saturated rings. The van der Waals surface area contributed by atoms with E-state index in [1.807, 2.05) is 0 Å². The van der Waals surface area contributed by atoms with Crippen LogP contribution >= 0.6 is 11.3 Å². The maximum atomic E-state index is 12.0. The van der Waals surface area contributed by atoms with E-state index >= 15 is 0 Å². The summed E-state index contributed by atoms with van der Waals surface area (Å²) in [5.74, 6) is -0.245. The second-order valence-corrected chi connectivity index (χ2v) is 4.65. The largest absolute Gasteiger partial charge is 0.375 e. The lowest BCUT2D eigenvalue weighted by Crippen LogP contribution is -2.31. The zero-order valence-corrected chi connectivity index (χ0v) is 10.9. The van der Waals surface area contributed by atoms with Crippen molar-refractivity contribution >= 4 is 28.3 Å². The lowest BCUT2D eigenvalue weighted by molar-refractivity contribution is -0.120. The fourth-order valence-corrected chi connectivity index (χ4v) is 2.11. The van der Waals surface area contributed by atoms with Crippen molar-refractivity contribution in [2.24, 2.45) is 0 Å². The average Bonchev–Trinajstić information content (AvgIpc) is 2.63. The molecule has 17 heavy (non-hydrogen) atoms. The molecular weight excluding hydrogens is 240 g/mol. The standard InChI is InChI=1S/C10H16N4O2S/c1-6-8(17-10(11)13-6)9(16)14(3)5-4-7(15)12-2/h4-5H2,1-3H3,(H2,11,13)(H,12,15). The molecule has 0 saturated heterocycles. The summed E-state index contributed by atoms with van der Waals surface area (Å²) >= 11 is 1.17. The van der Waals surface area contributed by atoms with Gasteiger partial charge in [0, 0.05) is 27.1 Å². The first kappa shape index (κ1) is 13.4. The Hall–Kier alpha value is -1.63. The normalized spacial score (nSPS) is 10.1. The van der Waals surface area contributed by atoms with Crippen molar-refractivity contribution in [3.63, 3.8) is 0 Å². The molecule has 1 aromatic heterocycles. The number of hydrogen-bond acceptors (Lipinski definition) is 5. The Morgan fingerprint density at radius 3 is 2.65 bits per heavy atom. The van der Waals surface area contributed by atoms with Gasteiger partial charge in [0.1, 0.15) is 4.88 Å². The van der Waals surface area contributed by atoms with Crippen molar-refractivity contribution in [2.75, 3.05) is 26.4 Å². The molecule has 0 aliphatic carbocycles. The van der Waals surface area contributed by atoms with E-state index in [0.29, 0.717) is 22.2 Å². The quantitative estimate of drug-likeness (QED) is 0.807. The average molecular weight is 256 g/mol. The van der Waals surface area contributed by atoms with Crippen LogP contribution in [0.25, 0.3) is 0 Å². The number of aryl methyl sites for hydroxylation is 1. The summed E-state index contributed by atoms with van der Waals surface area (Å²) in [4.78, 5) is 29.1. The Labute approximate surface area is 104 Å². The molecule has 0 atom stereocenters. The molecule has 0 aliphatic rings. The number of carbonyl (C=O) groups excluding carboxylic acids is 2. The first-order valence-electron chi connectivity index (χ1n) is 5.14. The highest BCUT2D eigenvalue weighted by atomic mass is 32.1. The third-order valence-electron chi connectivity index (χ3n) is 2.31. The van der Waals surface area contributed by atoms with Gasteiger partial charge in [0.15, 0.2) is 5.13 Å². The zero-order valence-electron chi connectivity index (χ0n) is 10.1. The van der Waals surface area contributed by atoms with Gasteiger partial charge in [-0.25, -0.2) is 4.98 Å². The van der Waals surface area contributed by atoms with Crippen LogP contribution in [0.2, 0.25) is 0 Å². The van der Waals surface area contributed by atoms with Gasteiger partial charge in [0.2, 0.25) is 5.91 Å². The number of nitrogens with one attached hydrogen (secondary N) is 1. The molecule has 0 aromatic carbocycles. The number of nitrogen functional groups attached to an aromatic ring is 1. The van der Waals surface area contributed by atoms with E-state index in [9.17, 15) is 9.59 Å². The topological polar surface area (TPSA) is 88.3 Å². The molecule has 0 bridgehead atoms. The van der Waals surface area contributed by atoms with Gasteiger partial charge in [-0.15, -0.1) is 0 Å². The van der Waals surface area contributed by atoms with Gasteiger partial charge in [-0.3, -0.25) is 9.59 Å². The molecule has 2 amide bonds. The predicted octanol–water partition coefficient (Wildman–Crippen LogP) is 0.242. The first-order valence-corrected chi connectivity index (χ1v) is 5.96. The van der Waals surface area contributed by atoms with E-state index in [0.717, 1.165) is 0 Å². The number of anilines is 1. The molecular formula is C10H16N4O2S. The fourth-order valence-electron chi connectivity index (χ4n) is 1.28. The zero-order chi connectivity index (χ0) is 13.0. The number of nitrogens with two attached hydrogens (primary N) is 1. The van der Waals surface area contributed by atoms with E-state index in [-0.39, 0.29) is 18.2 Å². The monoisotopic (exact) mass is 256 g/mol. The van der Waals surface area contributed by atoms with Gasteiger partial charge in [-0.2, -0.15) is 0 Å². The smallest absolute Gasteiger partial charge is 0.265 e. The van der Waals surface area contributed by atoms with Crippen LogP contribution in [0.1, 0.15) is 21.8 Å². The Morgan fingerprint density at radius 1 is 1.53 bits per heavy atom. The Morgan fingerprint density at radius 2 is 2.18 bits per heavy atom. The van der Waals surface area contributed by atoms with E-state index in [4.69, 9.17) is 5.73 Å². The lowest BCUT2D eigenvalue weighted by Gasteiger charge is -2.15. The molecule has 1 aromatic rings. The molecule has 0 aliphatic heterocycles. The van der Waals surface area contributed by atoms with Crippen LogP contribution < -0.4 is 11.1 Å². The summed E-state index contributed by atoms with van der Waals surface area (Å²) in [5, 5.41) is 2.89. The van der Waals surface area contributed by atoms with E-state index < -0.39 is 0 Å². The van der Waals surface area contributed by atoms with Crippen LogP contribution in [0.5, 0.6) is 0 Å². The summed E-state index contributed by atoms with van der Waals surface area (Å²) in [5.41, 5.74) is 6.16. The van der Waals surface area contributed by atoms with Crippen molar-refractivity contribution < 1.29 is 9.59 Å². The van der Waals surface area contributed by atoms with Gasteiger partial charge >= 0.3 is 0 Å². The molecule has 3 N–H and O–H groups in total. The number of nitrogens with zero attached hydrogens (tertiary/aromatic N) is 2. The van der Waals surface area contributed by atoms with Gasteiger partial charge in [-0.1, -0.05) is 11.3 Å². The molecule has 7 heteroatoms. The molecule has 6 nitrogen and oxygen atoms in total. The second kappa shape index (κ2) is 5.62. The maximum absolute atomic E-state index is 12.0. The number of aromatic nitrogens is 1. The van der Waals surface area contributed by atoms with Crippen LogP contribution in [0.4, 0.5) is 5.13 Å². The van der Waals surface area contributed by atoms with Crippen molar-refractivity contribution in [1.29, 1.82) is 0 Å². The van der Waals surface area contributed by atoms with Crippen LogP contribution in [0, 0.1) is 6.92 Å². The van der Waals surface area contributed by atoms with E-state index in [1.165, 1.54) is 16.2 Å². The summed E-state index contributed by atoms with van der Waals surface area (Å²) < 4.78 is 0. The summed E-state index contributed by atoms with van der Waals surface area (Å²) in [6, 6.07) is 0. The molecule has 0 spiro atoms. The Bertz CT molecular complexity index is 430. The third-order valence-corrected chi connectivity index (χ3v) is 3.28. The van der Waals surface area contributed by atoms with Crippen molar-refractivity contribution in [1.82, 2.24) is 15.2 Å².